The van der Waals surface area contributed by atoms with Crippen molar-refractivity contribution >= 4 is 55.9 Å². The molecule has 10 nitrogen and oxygen atoms in total. The third kappa shape index (κ3) is 10.0. The zero-order chi connectivity index (χ0) is 45.0. The Balaban J connectivity index is 0.000000177. The van der Waals surface area contributed by atoms with Crippen LogP contribution in [0.2, 0.25) is 0 Å². The number of aromatic amines is 2. The van der Waals surface area contributed by atoms with Gasteiger partial charge in [-0.2, -0.15) is 0 Å². The van der Waals surface area contributed by atoms with Gasteiger partial charge in [-0.1, -0.05) is 70.8 Å². The summed E-state index contributed by atoms with van der Waals surface area (Å²) in [6.07, 6.45) is 17.7. The van der Waals surface area contributed by atoms with E-state index in [1.807, 2.05) is 34.1 Å². The number of carbonyl (C=O) groups excluding carboxylic acids is 2. The molecular weight excluding hydrogens is 956 g/mol. The Morgan fingerprint density at radius 3 is 1.59 bits per heavy atom. The van der Waals surface area contributed by atoms with Crippen LogP contribution in [0.15, 0.2) is 129 Å². The third-order valence-electron chi connectivity index (χ3n) is 13.3. The molecule has 4 aliphatic rings. The van der Waals surface area contributed by atoms with Crippen molar-refractivity contribution in [3.05, 3.63) is 207 Å². The highest BCUT2D eigenvalue weighted by Crippen LogP contribution is 2.39. The number of benzene rings is 2. The van der Waals surface area contributed by atoms with E-state index in [1.54, 1.807) is 43.2 Å². The maximum atomic E-state index is 13.0. The maximum absolute atomic E-state index is 13.0. The average molecular weight is 1010 g/mol. The highest BCUT2D eigenvalue weighted by atomic mass is 79.9. The first-order valence-electron chi connectivity index (χ1n) is 22.7. The topological polar surface area (TPSA) is 132 Å². The summed E-state index contributed by atoms with van der Waals surface area (Å²) >= 11 is 3.41. The number of nitrogens with one attached hydrogen (secondary N) is 2. The molecule has 2 saturated heterocycles. The van der Waals surface area contributed by atoms with Crippen LogP contribution < -0.4 is 10.9 Å². The summed E-state index contributed by atoms with van der Waals surface area (Å²) in [6.45, 7) is 7.00. The number of pyridine rings is 4. The minimum Gasteiger partial charge on any atom is -0.361 e. The van der Waals surface area contributed by atoms with Crippen LogP contribution in [0.4, 0.5) is 0 Å². The molecule has 2 amide bonds. The Kier molecular flexibility index (Phi) is 14.6. The van der Waals surface area contributed by atoms with Crippen molar-refractivity contribution in [1.82, 2.24) is 29.7 Å². The van der Waals surface area contributed by atoms with Crippen molar-refractivity contribution in [3.63, 3.8) is 0 Å². The molecule has 4 aromatic heterocycles. The Morgan fingerprint density at radius 2 is 1.11 bits per heavy atom. The van der Waals surface area contributed by atoms with E-state index in [-0.39, 0.29) is 39.7 Å². The molecule has 0 saturated carbocycles. The van der Waals surface area contributed by atoms with Gasteiger partial charge in [-0.05, 0) is 127 Å². The number of carbonyl (C=O) groups is 2. The summed E-state index contributed by atoms with van der Waals surface area (Å²) in [4.78, 5) is 70.3. The lowest BCUT2D eigenvalue weighted by molar-refractivity contribution is -0.131. The van der Waals surface area contributed by atoms with Gasteiger partial charge in [0.1, 0.15) is 0 Å². The molecule has 6 heterocycles. The molecule has 6 aromatic rings. The number of amides is 2. The molecule has 0 bridgehead atoms. The summed E-state index contributed by atoms with van der Waals surface area (Å²) in [7, 11) is 0. The van der Waals surface area contributed by atoms with Gasteiger partial charge in [-0.25, -0.2) is 0 Å². The molecule has 338 valence electrons. The molecular formula is C54H54Br2N6O4. The molecule has 2 aliphatic carbocycles. The van der Waals surface area contributed by atoms with E-state index >= 15 is 0 Å². The van der Waals surface area contributed by atoms with Crippen LogP contribution in [0.5, 0.6) is 0 Å². The third-order valence-corrected chi connectivity index (χ3v) is 13.9. The number of piperidine rings is 2. The largest absolute Gasteiger partial charge is 0.361 e. The van der Waals surface area contributed by atoms with Crippen molar-refractivity contribution < 1.29 is 9.59 Å². The Bertz CT molecular complexity index is 2960. The second kappa shape index (κ2) is 20.7. The van der Waals surface area contributed by atoms with Crippen LogP contribution in [-0.4, -0.2) is 67.7 Å². The molecule has 0 spiro atoms. The highest BCUT2D eigenvalue weighted by molar-refractivity contribution is 9.10. The van der Waals surface area contributed by atoms with E-state index in [4.69, 9.17) is 0 Å². The monoisotopic (exact) mass is 1010 g/mol. The van der Waals surface area contributed by atoms with Crippen molar-refractivity contribution in [2.24, 2.45) is 0 Å². The lowest BCUT2D eigenvalue weighted by Gasteiger charge is -2.30. The quantitative estimate of drug-likeness (QED) is 0.181. The first-order valence-corrected chi connectivity index (χ1v) is 23.5. The fourth-order valence-corrected chi connectivity index (χ4v) is 10.3. The second-order valence-corrected chi connectivity index (χ2v) is 18.5. The zero-order valence-corrected chi connectivity index (χ0v) is 40.7. The molecule has 2 aliphatic heterocycles. The highest BCUT2D eigenvalue weighted by Gasteiger charge is 2.29. The molecule has 2 aromatic carbocycles. The predicted molar refractivity (Wildman–Crippen MR) is 269 cm³/mol. The molecule has 10 rings (SSSR count). The van der Waals surface area contributed by atoms with Crippen LogP contribution in [0.25, 0.3) is 11.1 Å². The predicted octanol–water partition coefficient (Wildman–Crippen LogP) is 9.03. The number of rotatable bonds is 4. The summed E-state index contributed by atoms with van der Waals surface area (Å²) < 4.78 is 0.573. The minimum atomic E-state index is 0. The zero-order valence-electron chi connectivity index (χ0n) is 37.4. The van der Waals surface area contributed by atoms with E-state index in [1.165, 1.54) is 50.1 Å². The fraction of sp³-hybridized carbons (Fsp3) is 0.296. The number of hydrogen-bond donors (Lipinski definition) is 2. The molecule has 66 heavy (non-hydrogen) atoms. The van der Waals surface area contributed by atoms with Crippen molar-refractivity contribution in [3.8, 4) is 0 Å². The first kappa shape index (κ1) is 46.5. The summed E-state index contributed by atoms with van der Waals surface area (Å²) in [5, 5.41) is 0. The van der Waals surface area contributed by atoms with E-state index in [0.717, 1.165) is 84.2 Å². The van der Waals surface area contributed by atoms with Crippen molar-refractivity contribution in [1.29, 1.82) is 0 Å². The lowest BCUT2D eigenvalue weighted by atomic mass is 9.88. The van der Waals surface area contributed by atoms with E-state index in [0.29, 0.717) is 49.9 Å². The van der Waals surface area contributed by atoms with Crippen LogP contribution in [0.1, 0.15) is 92.7 Å². The van der Waals surface area contributed by atoms with Gasteiger partial charge in [0.05, 0.1) is 28.7 Å². The van der Waals surface area contributed by atoms with E-state index < -0.39 is 0 Å². The number of fused-ring (bicyclic) bond motifs is 4. The number of aryl methyl sites for hydroxylation is 4. The van der Waals surface area contributed by atoms with Gasteiger partial charge >= 0.3 is 0 Å². The van der Waals surface area contributed by atoms with Crippen LogP contribution in [0, 0.1) is 13.8 Å². The van der Waals surface area contributed by atoms with E-state index in [2.05, 4.69) is 86.1 Å². The van der Waals surface area contributed by atoms with Gasteiger partial charge in [0.2, 0.25) is 11.8 Å². The Hall–Kier alpha value is -5.98. The molecule has 0 atom stereocenters. The molecule has 2 fully saturated rings. The number of hydrogen-bond acceptors (Lipinski definition) is 6. The molecule has 12 heteroatoms. The van der Waals surface area contributed by atoms with Crippen molar-refractivity contribution in [2.45, 2.75) is 78.1 Å². The van der Waals surface area contributed by atoms with Gasteiger partial charge in [0, 0.05) is 91.7 Å². The average Bonchev–Trinajstić information content (AvgIpc) is 3.59. The maximum Gasteiger partial charge on any atom is 0.227 e. The standard InChI is InChI=1S/C27H26BrN3O2.C27H27N3O2.BrH/c1-17-4-6-21-20(13-17)5-7-22-26(30-16-23(28)27(22)33)25(21)19-8-11-31(12-9-19)24(32)14-18-3-2-10-29-15-18;1-18-4-6-22-21(15-18)5-7-23-24(31)8-12-29-27(23)26(22)20-9-13-30(14-10-20)25(32)16-19-3-2-11-28-17-19;/h2-4,6,10,13,15-16H,5,7-9,11-12,14H2,1H3,(H,30,33);2-4,6,8,11-12,15,17H,5,7,9-10,13-14,16H2,1H3,(H,29,31);1H. The minimum absolute atomic E-state index is 0. The number of H-pyrrole nitrogens is 2. The lowest BCUT2D eigenvalue weighted by Crippen LogP contribution is -2.37. The van der Waals surface area contributed by atoms with Gasteiger partial charge in [-0.15, -0.1) is 17.0 Å². The number of likely N-dealkylation sites (tertiary alicyclic amines) is 2. The second-order valence-electron chi connectivity index (χ2n) is 17.6. The Morgan fingerprint density at radius 1 is 0.621 bits per heavy atom. The van der Waals surface area contributed by atoms with Crippen LogP contribution in [0.3, 0.4) is 0 Å². The Labute approximate surface area is 404 Å². The van der Waals surface area contributed by atoms with Crippen LogP contribution in [-0.2, 0) is 48.1 Å². The number of aromatic nitrogens is 4. The normalized spacial score (nSPS) is 15.4. The van der Waals surface area contributed by atoms with Gasteiger partial charge in [-0.3, -0.25) is 29.1 Å². The van der Waals surface area contributed by atoms with Crippen molar-refractivity contribution in [2.75, 3.05) is 26.2 Å². The molecule has 2 N–H and O–H groups in total. The van der Waals surface area contributed by atoms with Gasteiger partial charge < -0.3 is 19.8 Å². The van der Waals surface area contributed by atoms with Gasteiger partial charge in [0.25, 0.3) is 0 Å². The first-order chi connectivity index (χ1) is 31.6. The van der Waals surface area contributed by atoms with E-state index in [9.17, 15) is 19.2 Å². The number of halogens is 2. The summed E-state index contributed by atoms with van der Waals surface area (Å²) in [5.41, 5.74) is 18.1. The van der Waals surface area contributed by atoms with Gasteiger partial charge in [0.15, 0.2) is 10.9 Å². The van der Waals surface area contributed by atoms with Crippen LogP contribution >= 0.6 is 32.9 Å². The SMILES string of the molecule is Br.Cc1ccc2c(c1)CCc1c([nH]cc(Br)c1=O)C2=C1CCN(C(=O)Cc2cccnc2)CC1.Cc1ccc2c(c1)CCc1c([nH]ccc1=O)C2=C1CCN(C(=O)Cc2cccnc2)CC1. The summed E-state index contributed by atoms with van der Waals surface area (Å²) in [5.74, 6) is 0.287. The molecule has 0 unspecified atom stereocenters. The smallest absolute Gasteiger partial charge is 0.227 e. The molecule has 0 radical (unpaired) electrons. The fourth-order valence-electron chi connectivity index (χ4n) is 9.99. The summed E-state index contributed by atoms with van der Waals surface area (Å²) in [6, 6.07) is 22.4. The number of nitrogens with zero attached hydrogens (tertiary/aromatic N) is 4.